The molecule has 0 aliphatic carbocycles. The first-order valence-electron chi connectivity index (χ1n) is 5.72. The van der Waals surface area contributed by atoms with E-state index in [2.05, 4.69) is 0 Å². The molecule has 0 fully saturated rings. The van der Waals surface area contributed by atoms with Gasteiger partial charge in [0, 0.05) is 6.54 Å². The third-order valence-corrected chi connectivity index (χ3v) is 3.76. The number of aliphatic carboxylic acids is 1. The first kappa shape index (κ1) is 15.8. The number of likely N-dealkylation sites (N-methyl/N-ethyl adjacent to an activating group) is 1. The van der Waals surface area contributed by atoms with Crippen molar-refractivity contribution in [2.24, 2.45) is 0 Å². The average molecular weight is 304 g/mol. The molecule has 0 unspecified atom stereocenters. The Morgan fingerprint density at radius 1 is 1.32 bits per heavy atom. The molecular weight excluding hydrogens is 289 g/mol. The highest BCUT2D eigenvalue weighted by Gasteiger charge is 2.37. The van der Waals surface area contributed by atoms with E-state index in [9.17, 15) is 14.7 Å². The molecule has 19 heavy (non-hydrogen) atoms. The molecule has 0 radical (unpaired) electrons. The molecule has 6 heteroatoms. The predicted molar refractivity (Wildman–Crippen MR) is 74.9 cm³/mol. The first-order chi connectivity index (χ1) is 8.73. The van der Waals surface area contributed by atoms with Crippen LogP contribution < -0.4 is 0 Å². The minimum Gasteiger partial charge on any atom is -0.480 e. The van der Waals surface area contributed by atoms with Gasteiger partial charge < -0.3 is 10.0 Å². The van der Waals surface area contributed by atoms with E-state index in [4.69, 9.17) is 23.2 Å². The van der Waals surface area contributed by atoms with Crippen LogP contribution in [0.5, 0.6) is 0 Å². The van der Waals surface area contributed by atoms with Gasteiger partial charge in [0.05, 0.1) is 15.6 Å². The summed E-state index contributed by atoms with van der Waals surface area (Å²) in [5.74, 6) is -1.54. The van der Waals surface area contributed by atoms with Crippen LogP contribution in [0.25, 0.3) is 0 Å². The number of hydrogen-bond donors (Lipinski definition) is 1. The number of hydrogen-bond acceptors (Lipinski definition) is 2. The normalized spacial score (nSPS) is 11.2. The molecule has 4 nitrogen and oxygen atoms in total. The Kier molecular flexibility index (Phi) is 4.82. The fraction of sp³-hybridized carbons (Fsp3) is 0.385. The quantitative estimate of drug-likeness (QED) is 0.928. The second-order valence-electron chi connectivity index (χ2n) is 4.51. The van der Waals surface area contributed by atoms with Crippen molar-refractivity contribution in [2.75, 3.05) is 6.54 Å². The summed E-state index contributed by atoms with van der Waals surface area (Å²) in [6.45, 7) is 4.90. The summed E-state index contributed by atoms with van der Waals surface area (Å²) in [6.07, 6.45) is 0. The van der Waals surface area contributed by atoms with E-state index >= 15 is 0 Å². The van der Waals surface area contributed by atoms with Crippen LogP contribution in [0, 0.1) is 0 Å². The van der Waals surface area contributed by atoms with Gasteiger partial charge in [0.2, 0.25) is 0 Å². The van der Waals surface area contributed by atoms with Gasteiger partial charge in [-0.3, -0.25) is 4.79 Å². The Labute approximate surface area is 121 Å². The summed E-state index contributed by atoms with van der Waals surface area (Å²) in [5, 5.41) is 9.60. The minimum absolute atomic E-state index is 0.133. The van der Waals surface area contributed by atoms with Crippen molar-refractivity contribution in [1.82, 2.24) is 4.90 Å². The van der Waals surface area contributed by atoms with E-state index in [0.29, 0.717) is 0 Å². The molecule has 104 valence electrons. The summed E-state index contributed by atoms with van der Waals surface area (Å²) in [6, 6.07) is 4.69. The summed E-state index contributed by atoms with van der Waals surface area (Å²) in [7, 11) is 0. The zero-order valence-electron chi connectivity index (χ0n) is 10.9. The van der Waals surface area contributed by atoms with Gasteiger partial charge >= 0.3 is 5.97 Å². The minimum atomic E-state index is -1.32. The van der Waals surface area contributed by atoms with Crippen LogP contribution in [-0.2, 0) is 4.79 Å². The Morgan fingerprint density at radius 2 is 1.89 bits per heavy atom. The van der Waals surface area contributed by atoms with E-state index in [-0.39, 0.29) is 22.2 Å². The molecule has 1 rings (SSSR count). The van der Waals surface area contributed by atoms with E-state index < -0.39 is 17.4 Å². The van der Waals surface area contributed by atoms with Crippen LogP contribution >= 0.6 is 23.2 Å². The van der Waals surface area contributed by atoms with Crippen LogP contribution in [0.1, 0.15) is 31.1 Å². The van der Waals surface area contributed by atoms with Gasteiger partial charge in [-0.2, -0.15) is 0 Å². The van der Waals surface area contributed by atoms with Gasteiger partial charge in [0.25, 0.3) is 5.91 Å². The van der Waals surface area contributed by atoms with Crippen LogP contribution in [0.2, 0.25) is 10.0 Å². The molecule has 0 bridgehead atoms. The summed E-state index contributed by atoms with van der Waals surface area (Å²) in [4.78, 5) is 24.9. The number of rotatable bonds is 4. The van der Waals surface area contributed by atoms with Crippen LogP contribution in [-0.4, -0.2) is 34.0 Å². The van der Waals surface area contributed by atoms with Crippen LogP contribution in [0.4, 0.5) is 0 Å². The second-order valence-corrected chi connectivity index (χ2v) is 5.30. The zero-order valence-corrected chi connectivity index (χ0v) is 12.4. The maximum absolute atomic E-state index is 12.4. The molecule has 0 saturated heterocycles. The number of carbonyl (C=O) groups excluding carboxylic acids is 1. The molecule has 0 aliphatic heterocycles. The second kappa shape index (κ2) is 5.80. The smallest absolute Gasteiger partial charge is 0.329 e. The third kappa shape index (κ3) is 3.01. The van der Waals surface area contributed by atoms with Crippen molar-refractivity contribution in [1.29, 1.82) is 0 Å². The number of nitrogens with zero attached hydrogens (tertiary/aromatic N) is 1. The lowest BCUT2D eigenvalue weighted by molar-refractivity contribution is -0.147. The first-order valence-corrected chi connectivity index (χ1v) is 6.48. The molecule has 1 aromatic rings. The molecule has 1 aromatic carbocycles. The fourth-order valence-corrected chi connectivity index (χ4v) is 2.10. The zero-order chi connectivity index (χ0) is 14.8. The van der Waals surface area contributed by atoms with Crippen LogP contribution in [0.15, 0.2) is 18.2 Å². The van der Waals surface area contributed by atoms with Crippen molar-refractivity contribution in [3.63, 3.8) is 0 Å². The third-order valence-electron chi connectivity index (χ3n) is 2.94. The van der Waals surface area contributed by atoms with Gasteiger partial charge in [0.1, 0.15) is 5.54 Å². The van der Waals surface area contributed by atoms with Crippen molar-refractivity contribution < 1.29 is 14.7 Å². The van der Waals surface area contributed by atoms with Gasteiger partial charge in [-0.1, -0.05) is 29.3 Å². The summed E-state index contributed by atoms with van der Waals surface area (Å²) < 4.78 is 0. The number of halogens is 2. The number of amides is 1. The topological polar surface area (TPSA) is 57.6 Å². The van der Waals surface area contributed by atoms with Gasteiger partial charge in [-0.25, -0.2) is 4.79 Å². The lowest BCUT2D eigenvalue weighted by Gasteiger charge is -2.34. The van der Waals surface area contributed by atoms with E-state index in [0.717, 1.165) is 0 Å². The number of carbonyl (C=O) groups is 2. The monoisotopic (exact) mass is 303 g/mol. The lowest BCUT2D eigenvalue weighted by Crippen LogP contribution is -2.53. The Hall–Kier alpha value is -1.26. The van der Waals surface area contributed by atoms with Gasteiger partial charge in [0.15, 0.2) is 0 Å². The predicted octanol–water partition coefficient (Wildman–Crippen LogP) is 3.32. The van der Waals surface area contributed by atoms with Crippen molar-refractivity contribution in [3.8, 4) is 0 Å². The molecule has 1 N–H and O–H groups in total. The average Bonchev–Trinajstić information content (AvgIpc) is 2.32. The maximum Gasteiger partial charge on any atom is 0.329 e. The van der Waals surface area contributed by atoms with E-state index in [1.54, 1.807) is 19.1 Å². The Morgan fingerprint density at radius 3 is 2.37 bits per heavy atom. The lowest BCUT2D eigenvalue weighted by atomic mass is 10.0. The van der Waals surface area contributed by atoms with Crippen LogP contribution in [0.3, 0.4) is 0 Å². The van der Waals surface area contributed by atoms with E-state index in [1.807, 2.05) is 0 Å². The molecule has 0 spiro atoms. The molecule has 0 heterocycles. The molecule has 0 aromatic heterocycles. The number of carboxylic acids is 1. The molecule has 0 atom stereocenters. The molecule has 1 amide bonds. The summed E-state index contributed by atoms with van der Waals surface area (Å²) in [5.41, 5.74) is -1.12. The SMILES string of the molecule is CCN(C(=O)c1cccc(Cl)c1Cl)C(C)(C)C(=O)O. The van der Waals surface area contributed by atoms with Gasteiger partial charge in [-0.05, 0) is 32.9 Å². The fourth-order valence-electron chi connectivity index (χ4n) is 1.72. The highest BCUT2D eigenvalue weighted by Crippen LogP contribution is 2.28. The molecule has 0 saturated carbocycles. The summed E-state index contributed by atoms with van der Waals surface area (Å²) >= 11 is 11.9. The highest BCUT2D eigenvalue weighted by atomic mass is 35.5. The Bertz CT molecular complexity index is 515. The molecule has 0 aliphatic rings. The molecular formula is C13H15Cl2NO3. The highest BCUT2D eigenvalue weighted by molar-refractivity contribution is 6.43. The van der Waals surface area contributed by atoms with Gasteiger partial charge in [-0.15, -0.1) is 0 Å². The van der Waals surface area contributed by atoms with E-state index in [1.165, 1.54) is 24.8 Å². The largest absolute Gasteiger partial charge is 0.480 e. The van der Waals surface area contributed by atoms with Crippen molar-refractivity contribution in [3.05, 3.63) is 33.8 Å². The standard InChI is InChI=1S/C13H15Cl2NO3/c1-4-16(13(2,3)12(18)19)11(17)8-6-5-7-9(14)10(8)15/h5-7H,4H2,1-3H3,(H,18,19). The number of carboxylic acid groups (broad SMARTS) is 1. The number of benzene rings is 1. The van der Waals surface area contributed by atoms with Crippen molar-refractivity contribution >= 4 is 35.1 Å². The Balaban J connectivity index is 3.24. The maximum atomic E-state index is 12.4. The van der Waals surface area contributed by atoms with Crippen molar-refractivity contribution in [2.45, 2.75) is 26.3 Å².